The molecular weight excluding hydrogens is 272 g/mol. The van der Waals surface area contributed by atoms with E-state index in [0.29, 0.717) is 0 Å². The molecule has 0 amide bonds. The number of hydrogen-bond acceptors (Lipinski definition) is 2. The number of benzene rings is 2. The first kappa shape index (κ1) is 14.5. The van der Waals surface area contributed by atoms with Crippen LogP contribution in [0.4, 0.5) is 5.69 Å². The molecule has 22 heavy (non-hydrogen) atoms. The number of aryl methyl sites for hydroxylation is 1. The zero-order valence-electron chi connectivity index (χ0n) is 13.2. The highest BCUT2D eigenvalue weighted by molar-refractivity contribution is 5.86. The van der Waals surface area contributed by atoms with E-state index in [-0.39, 0.29) is 0 Å². The lowest BCUT2D eigenvalue weighted by molar-refractivity contribution is 0.414. The lowest BCUT2D eigenvalue weighted by Gasteiger charge is -2.12. The molecule has 0 radical (unpaired) electrons. The molecule has 0 atom stereocenters. The minimum atomic E-state index is 0.794. The van der Waals surface area contributed by atoms with Gasteiger partial charge in [0, 0.05) is 22.5 Å². The summed E-state index contributed by atoms with van der Waals surface area (Å²) in [6, 6.07) is 16.6. The fraction of sp³-hybridized carbons (Fsp3) is 0.263. The third kappa shape index (κ3) is 2.67. The van der Waals surface area contributed by atoms with Crippen LogP contribution in [0.25, 0.3) is 16.6 Å². The number of fused-ring (bicyclic) bond motifs is 1. The lowest BCUT2D eigenvalue weighted by atomic mass is 10.2. The SMILES string of the molecule is CCCCc1cc2ccc(N)cc2n1-c1ccc(OC)cc1. The monoisotopic (exact) mass is 294 g/mol. The highest BCUT2D eigenvalue weighted by Gasteiger charge is 2.11. The van der Waals surface area contributed by atoms with Gasteiger partial charge in [-0.3, -0.25) is 0 Å². The second kappa shape index (κ2) is 6.14. The Morgan fingerprint density at radius 1 is 1.05 bits per heavy atom. The minimum absolute atomic E-state index is 0.794. The maximum Gasteiger partial charge on any atom is 0.119 e. The first-order valence-corrected chi connectivity index (χ1v) is 7.77. The Morgan fingerprint density at radius 2 is 1.82 bits per heavy atom. The van der Waals surface area contributed by atoms with Crippen molar-refractivity contribution < 1.29 is 4.74 Å². The molecule has 0 fully saturated rings. The summed E-state index contributed by atoms with van der Waals surface area (Å²) < 4.78 is 7.57. The van der Waals surface area contributed by atoms with Crippen LogP contribution in [0.15, 0.2) is 48.5 Å². The number of nitrogen functional groups attached to an aromatic ring is 1. The van der Waals surface area contributed by atoms with E-state index in [4.69, 9.17) is 10.5 Å². The molecule has 3 rings (SSSR count). The molecular formula is C19H22N2O. The second-order valence-electron chi connectivity index (χ2n) is 5.59. The number of hydrogen-bond donors (Lipinski definition) is 1. The summed E-state index contributed by atoms with van der Waals surface area (Å²) in [6.45, 7) is 2.22. The maximum absolute atomic E-state index is 5.99. The molecule has 0 bridgehead atoms. The van der Waals surface area contributed by atoms with Gasteiger partial charge in [0.05, 0.1) is 12.6 Å². The van der Waals surface area contributed by atoms with E-state index >= 15 is 0 Å². The first-order valence-electron chi connectivity index (χ1n) is 7.77. The standard InChI is InChI=1S/C19H22N2O/c1-3-4-5-17-12-14-6-7-15(20)13-19(14)21(17)16-8-10-18(22-2)11-9-16/h6-13H,3-5,20H2,1-2H3. The molecule has 0 saturated carbocycles. The fourth-order valence-corrected chi connectivity index (χ4v) is 2.85. The number of nitrogens with zero attached hydrogens (tertiary/aromatic N) is 1. The van der Waals surface area contributed by atoms with Crippen LogP contribution < -0.4 is 10.5 Å². The van der Waals surface area contributed by atoms with Gasteiger partial charge in [0.15, 0.2) is 0 Å². The summed E-state index contributed by atoms with van der Waals surface area (Å²) in [5.41, 5.74) is 10.4. The number of methoxy groups -OCH3 is 1. The lowest BCUT2D eigenvalue weighted by Crippen LogP contribution is -2.00. The van der Waals surface area contributed by atoms with Crippen LogP contribution in [-0.4, -0.2) is 11.7 Å². The molecule has 0 saturated heterocycles. The molecule has 0 aliphatic rings. The van der Waals surface area contributed by atoms with E-state index in [0.717, 1.165) is 29.1 Å². The normalized spacial score (nSPS) is 11.0. The molecule has 3 heteroatoms. The average molecular weight is 294 g/mol. The molecule has 0 spiro atoms. The van der Waals surface area contributed by atoms with Gasteiger partial charge in [-0.2, -0.15) is 0 Å². The molecule has 1 heterocycles. The van der Waals surface area contributed by atoms with Crippen LogP contribution in [0.3, 0.4) is 0 Å². The highest BCUT2D eigenvalue weighted by atomic mass is 16.5. The van der Waals surface area contributed by atoms with Crippen LogP contribution in [0.5, 0.6) is 5.75 Å². The summed E-state index contributed by atoms with van der Waals surface area (Å²) in [5, 5.41) is 1.23. The summed E-state index contributed by atoms with van der Waals surface area (Å²) in [4.78, 5) is 0. The summed E-state index contributed by atoms with van der Waals surface area (Å²) in [5.74, 6) is 0.870. The topological polar surface area (TPSA) is 40.2 Å². The summed E-state index contributed by atoms with van der Waals surface area (Å²) >= 11 is 0. The molecule has 0 aliphatic heterocycles. The number of nitrogens with two attached hydrogens (primary N) is 1. The van der Waals surface area contributed by atoms with E-state index in [1.807, 2.05) is 18.2 Å². The van der Waals surface area contributed by atoms with E-state index in [2.05, 4.69) is 41.8 Å². The van der Waals surface area contributed by atoms with Gasteiger partial charge in [-0.1, -0.05) is 19.4 Å². The van der Waals surface area contributed by atoms with Crippen molar-refractivity contribution in [2.75, 3.05) is 12.8 Å². The van der Waals surface area contributed by atoms with Crippen molar-refractivity contribution in [3.63, 3.8) is 0 Å². The fourth-order valence-electron chi connectivity index (χ4n) is 2.85. The predicted octanol–water partition coefficient (Wildman–Crippen LogP) is 4.56. The van der Waals surface area contributed by atoms with Gasteiger partial charge in [0.1, 0.15) is 5.75 Å². The van der Waals surface area contributed by atoms with E-state index in [1.165, 1.54) is 23.9 Å². The van der Waals surface area contributed by atoms with E-state index in [9.17, 15) is 0 Å². The van der Waals surface area contributed by atoms with Gasteiger partial charge in [-0.15, -0.1) is 0 Å². The van der Waals surface area contributed by atoms with Crippen molar-refractivity contribution >= 4 is 16.6 Å². The van der Waals surface area contributed by atoms with Crippen molar-refractivity contribution in [1.29, 1.82) is 0 Å². The number of aromatic nitrogens is 1. The van der Waals surface area contributed by atoms with Crippen molar-refractivity contribution in [3.8, 4) is 11.4 Å². The Hall–Kier alpha value is -2.42. The van der Waals surface area contributed by atoms with Crippen LogP contribution in [0.2, 0.25) is 0 Å². The van der Waals surface area contributed by atoms with Crippen molar-refractivity contribution in [2.45, 2.75) is 26.2 Å². The zero-order chi connectivity index (χ0) is 15.5. The third-order valence-electron chi connectivity index (χ3n) is 4.02. The molecule has 3 aromatic rings. The molecule has 2 aromatic carbocycles. The Labute approximate surface area is 131 Å². The van der Waals surface area contributed by atoms with Gasteiger partial charge in [0.2, 0.25) is 0 Å². The van der Waals surface area contributed by atoms with Gasteiger partial charge in [-0.05, 0) is 55.3 Å². The Bertz CT molecular complexity index is 772. The largest absolute Gasteiger partial charge is 0.497 e. The molecule has 0 unspecified atom stereocenters. The first-order chi connectivity index (χ1) is 10.7. The van der Waals surface area contributed by atoms with Crippen molar-refractivity contribution in [1.82, 2.24) is 4.57 Å². The third-order valence-corrected chi connectivity index (χ3v) is 4.02. The number of anilines is 1. The van der Waals surface area contributed by atoms with Gasteiger partial charge < -0.3 is 15.0 Å². The van der Waals surface area contributed by atoms with Gasteiger partial charge in [0.25, 0.3) is 0 Å². The molecule has 114 valence electrons. The number of unbranched alkanes of at least 4 members (excludes halogenated alkanes) is 1. The second-order valence-corrected chi connectivity index (χ2v) is 5.59. The Kier molecular flexibility index (Phi) is 4.05. The van der Waals surface area contributed by atoms with Crippen molar-refractivity contribution in [2.24, 2.45) is 0 Å². The Balaban J connectivity index is 2.16. The number of rotatable bonds is 5. The average Bonchev–Trinajstić information content (AvgIpc) is 2.90. The van der Waals surface area contributed by atoms with Crippen molar-refractivity contribution in [3.05, 3.63) is 54.2 Å². The Morgan fingerprint density at radius 3 is 2.50 bits per heavy atom. The van der Waals surface area contributed by atoms with Gasteiger partial charge >= 0.3 is 0 Å². The van der Waals surface area contributed by atoms with Crippen LogP contribution in [0.1, 0.15) is 25.5 Å². The van der Waals surface area contributed by atoms with Crippen LogP contribution in [-0.2, 0) is 6.42 Å². The molecule has 0 aliphatic carbocycles. The smallest absolute Gasteiger partial charge is 0.119 e. The zero-order valence-corrected chi connectivity index (χ0v) is 13.2. The highest BCUT2D eigenvalue weighted by Crippen LogP contribution is 2.28. The van der Waals surface area contributed by atoms with E-state index < -0.39 is 0 Å². The minimum Gasteiger partial charge on any atom is -0.497 e. The van der Waals surface area contributed by atoms with Crippen LogP contribution >= 0.6 is 0 Å². The number of ether oxygens (including phenoxy) is 1. The molecule has 2 N–H and O–H groups in total. The van der Waals surface area contributed by atoms with Gasteiger partial charge in [-0.25, -0.2) is 0 Å². The maximum atomic E-state index is 5.99. The quantitative estimate of drug-likeness (QED) is 0.700. The van der Waals surface area contributed by atoms with E-state index in [1.54, 1.807) is 7.11 Å². The molecule has 3 nitrogen and oxygen atoms in total. The summed E-state index contributed by atoms with van der Waals surface area (Å²) in [7, 11) is 1.69. The predicted molar refractivity (Wildman–Crippen MR) is 92.9 cm³/mol. The molecule has 1 aromatic heterocycles. The summed E-state index contributed by atoms with van der Waals surface area (Å²) in [6.07, 6.45) is 3.44. The van der Waals surface area contributed by atoms with Crippen LogP contribution in [0, 0.1) is 0 Å².